The Balaban J connectivity index is 2.04. The third-order valence-corrected chi connectivity index (χ3v) is 5.58. The molecule has 3 aromatic rings. The first-order chi connectivity index (χ1) is 14.9. The molecule has 0 unspecified atom stereocenters. The van der Waals surface area contributed by atoms with E-state index in [4.69, 9.17) is 0 Å². The normalized spacial score (nSPS) is 10.9. The van der Waals surface area contributed by atoms with Crippen LogP contribution in [0.4, 0.5) is 31.8 Å². The highest BCUT2D eigenvalue weighted by Gasteiger charge is 2.20. The number of benzene rings is 2. The van der Waals surface area contributed by atoms with Gasteiger partial charge in [0, 0.05) is 28.7 Å². The van der Waals surface area contributed by atoms with Gasteiger partial charge in [-0.25, -0.2) is 18.7 Å². The molecule has 0 aliphatic rings. The van der Waals surface area contributed by atoms with Crippen LogP contribution in [0.5, 0.6) is 0 Å². The third-order valence-electron chi connectivity index (χ3n) is 4.84. The lowest BCUT2D eigenvalue weighted by atomic mass is 10.1. The van der Waals surface area contributed by atoms with Crippen molar-refractivity contribution in [3.63, 3.8) is 0 Å². The average Bonchev–Trinajstić information content (AvgIpc) is 2.75. The predicted octanol–water partition coefficient (Wildman–Crippen LogP) is 6.45. The number of thioether (sulfide) groups is 1. The summed E-state index contributed by atoms with van der Waals surface area (Å²) in [5.74, 6) is -1.00. The fourth-order valence-electron chi connectivity index (χ4n) is 3.34. The number of nitrogens with one attached hydrogen (secondary N) is 1. The number of rotatable bonds is 8. The van der Waals surface area contributed by atoms with Crippen molar-refractivity contribution in [2.24, 2.45) is 4.99 Å². The van der Waals surface area contributed by atoms with Gasteiger partial charge in [-0.15, -0.1) is 11.8 Å². The summed E-state index contributed by atoms with van der Waals surface area (Å²) in [6.07, 6.45) is 3.08. The monoisotopic (exact) mass is 441 g/mol. The summed E-state index contributed by atoms with van der Waals surface area (Å²) < 4.78 is 29.5. The molecular weight excluding hydrogens is 416 g/mol. The van der Waals surface area contributed by atoms with Crippen LogP contribution in [0.1, 0.15) is 20.8 Å². The molecule has 0 aliphatic carbocycles. The summed E-state index contributed by atoms with van der Waals surface area (Å²) in [7, 11) is 0. The molecule has 1 aromatic heterocycles. The lowest BCUT2D eigenvalue weighted by molar-refractivity contribution is 0.616. The maximum atomic E-state index is 14.9. The van der Waals surface area contributed by atoms with Gasteiger partial charge in [-0.05, 0) is 70.1 Å². The second-order valence-corrected chi connectivity index (χ2v) is 7.99. The molecule has 0 radical (unpaired) electrons. The minimum absolute atomic E-state index is 0.00815. The Hall–Kier alpha value is -3.00. The number of hydrogen-bond acceptors (Lipinski definition) is 6. The van der Waals surface area contributed by atoms with E-state index in [1.54, 1.807) is 17.8 Å². The van der Waals surface area contributed by atoms with Crippen molar-refractivity contribution in [1.29, 1.82) is 0 Å². The highest BCUT2D eigenvalue weighted by molar-refractivity contribution is 7.98. The molecule has 0 saturated carbocycles. The van der Waals surface area contributed by atoms with Crippen LogP contribution in [0, 0.1) is 11.6 Å². The number of aliphatic imine (C=N–C) groups is 1. The van der Waals surface area contributed by atoms with Crippen molar-refractivity contribution in [3.8, 4) is 11.3 Å². The van der Waals surface area contributed by atoms with Crippen LogP contribution < -0.4 is 10.2 Å². The molecule has 0 spiro atoms. The first-order valence-corrected chi connectivity index (χ1v) is 11.1. The van der Waals surface area contributed by atoms with E-state index in [2.05, 4.69) is 27.0 Å². The van der Waals surface area contributed by atoms with Gasteiger partial charge in [0.2, 0.25) is 5.95 Å². The highest BCUT2D eigenvalue weighted by atomic mass is 32.2. The van der Waals surface area contributed by atoms with Gasteiger partial charge < -0.3 is 10.2 Å². The maximum Gasteiger partial charge on any atom is 0.227 e. The Morgan fingerprint density at radius 3 is 2.45 bits per heavy atom. The fourth-order valence-corrected chi connectivity index (χ4v) is 3.75. The lowest BCUT2D eigenvalue weighted by Gasteiger charge is -2.29. The molecule has 8 heteroatoms. The number of anilines is 3. The lowest BCUT2D eigenvalue weighted by Crippen LogP contribution is -2.30. The van der Waals surface area contributed by atoms with E-state index in [1.165, 1.54) is 6.07 Å². The molecule has 31 heavy (non-hydrogen) atoms. The molecule has 0 bridgehead atoms. The van der Waals surface area contributed by atoms with E-state index < -0.39 is 11.6 Å². The van der Waals surface area contributed by atoms with Crippen LogP contribution in [0.25, 0.3) is 11.3 Å². The molecule has 0 fully saturated rings. The number of nitrogens with zero attached hydrogens (tertiary/aromatic N) is 4. The van der Waals surface area contributed by atoms with Crippen molar-refractivity contribution in [1.82, 2.24) is 9.97 Å². The van der Waals surface area contributed by atoms with Gasteiger partial charge in [-0.1, -0.05) is 0 Å². The minimum atomic E-state index is -0.638. The van der Waals surface area contributed by atoms with E-state index in [0.717, 1.165) is 16.8 Å². The van der Waals surface area contributed by atoms with Crippen LogP contribution in [0.2, 0.25) is 0 Å². The molecule has 5 nitrogen and oxygen atoms in total. The third kappa shape index (κ3) is 5.02. The standard InChI is InChI=1S/C23H25F2N5S/c1-6-30(14(2)3)20-12-15(11-18(24)22(20)26-4)21-19(25)13-27-23(29-21)28-16-7-9-17(31-5)10-8-16/h7-14H,4,6H2,1-3,5H3,(H,27,28,29). The minimum Gasteiger partial charge on any atom is -0.368 e. The topological polar surface area (TPSA) is 53.4 Å². The van der Waals surface area contributed by atoms with Crippen LogP contribution in [-0.4, -0.2) is 35.5 Å². The van der Waals surface area contributed by atoms with Crippen LogP contribution in [-0.2, 0) is 0 Å². The Labute approximate surface area is 185 Å². The molecule has 1 N–H and O–H groups in total. The van der Waals surface area contributed by atoms with E-state index >= 15 is 0 Å². The Bertz CT molecular complexity index is 1070. The Morgan fingerprint density at radius 1 is 1.16 bits per heavy atom. The quantitative estimate of drug-likeness (QED) is 0.321. The van der Waals surface area contributed by atoms with Crippen LogP contribution >= 0.6 is 11.8 Å². The zero-order chi connectivity index (χ0) is 22.5. The molecule has 162 valence electrons. The molecule has 0 amide bonds. The van der Waals surface area contributed by atoms with Gasteiger partial charge in [0.15, 0.2) is 11.6 Å². The summed E-state index contributed by atoms with van der Waals surface area (Å²) in [5, 5.41) is 3.07. The summed E-state index contributed by atoms with van der Waals surface area (Å²) in [4.78, 5) is 15.3. The molecular formula is C23H25F2N5S. The largest absolute Gasteiger partial charge is 0.368 e. The zero-order valence-electron chi connectivity index (χ0n) is 18.0. The second-order valence-electron chi connectivity index (χ2n) is 7.11. The maximum absolute atomic E-state index is 14.9. The van der Waals surface area contributed by atoms with Gasteiger partial charge in [0.1, 0.15) is 11.4 Å². The molecule has 3 rings (SSSR count). The van der Waals surface area contributed by atoms with Crippen molar-refractivity contribution in [2.45, 2.75) is 31.7 Å². The molecule has 0 saturated heterocycles. The molecule has 2 aromatic carbocycles. The van der Waals surface area contributed by atoms with E-state index in [-0.39, 0.29) is 23.4 Å². The number of halogens is 2. The van der Waals surface area contributed by atoms with Crippen molar-refractivity contribution < 1.29 is 8.78 Å². The summed E-state index contributed by atoms with van der Waals surface area (Å²) >= 11 is 1.64. The summed E-state index contributed by atoms with van der Waals surface area (Å²) in [6.45, 7) is 10.1. The highest BCUT2D eigenvalue weighted by Crippen LogP contribution is 2.37. The van der Waals surface area contributed by atoms with Gasteiger partial charge in [-0.3, -0.25) is 4.99 Å². The molecule has 0 aliphatic heterocycles. The molecule has 1 heterocycles. The predicted molar refractivity (Wildman–Crippen MR) is 126 cm³/mol. The van der Waals surface area contributed by atoms with Crippen molar-refractivity contribution in [3.05, 3.63) is 54.2 Å². The smallest absolute Gasteiger partial charge is 0.227 e. The van der Waals surface area contributed by atoms with Gasteiger partial charge in [0.25, 0.3) is 0 Å². The SMILES string of the molecule is C=Nc1c(F)cc(-c2nc(Nc3ccc(SC)cc3)ncc2F)cc1N(CC)C(C)C. The zero-order valence-corrected chi connectivity index (χ0v) is 18.8. The van der Waals surface area contributed by atoms with Gasteiger partial charge in [0.05, 0.1) is 11.9 Å². The van der Waals surface area contributed by atoms with Gasteiger partial charge >= 0.3 is 0 Å². The van der Waals surface area contributed by atoms with E-state index in [1.807, 2.05) is 56.2 Å². The van der Waals surface area contributed by atoms with E-state index in [0.29, 0.717) is 17.8 Å². The second kappa shape index (κ2) is 9.87. The Kier molecular flexibility index (Phi) is 7.22. The number of hydrogen-bond donors (Lipinski definition) is 1. The first kappa shape index (κ1) is 22.7. The first-order valence-electron chi connectivity index (χ1n) is 9.88. The number of aromatic nitrogens is 2. The molecule has 0 atom stereocenters. The average molecular weight is 442 g/mol. The van der Waals surface area contributed by atoms with E-state index in [9.17, 15) is 8.78 Å². The summed E-state index contributed by atoms with van der Waals surface area (Å²) in [5.41, 5.74) is 1.77. The van der Waals surface area contributed by atoms with Crippen LogP contribution in [0.15, 0.2) is 52.5 Å². The fraction of sp³-hybridized carbons (Fsp3) is 0.261. The van der Waals surface area contributed by atoms with Crippen molar-refractivity contribution >= 4 is 41.5 Å². The Morgan fingerprint density at radius 2 is 1.87 bits per heavy atom. The van der Waals surface area contributed by atoms with Crippen LogP contribution in [0.3, 0.4) is 0 Å². The van der Waals surface area contributed by atoms with Gasteiger partial charge in [-0.2, -0.15) is 0 Å². The van der Waals surface area contributed by atoms with Crippen molar-refractivity contribution in [2.75, 3.05) is 23.0 Å². The summed E-state index contributed by atoms with van der Waals surface area (Å²) in [6, 6.07) is 10.7.